The molecule has 2 aromatic heterocycles. The summed E-state index contributed by atoms with van der Waals surface area (Å²) in [5.41, 5.74) is 2.45. The zero-order valence-corrected chi connectivity index (χ0v) is 9.99. The molecule has 14 heavy (non-hydrogen) atoms. The molecule has 0 fully saturated rings. The van der Waals surface area contributed by atoms with Gasteiger partial charge in [-0.2, -0.15) is 5.10 Å². The van der Waals surface area contributed by atoms with E-state index in [1.54, 1.807) is 6.20 Å². The average molecular weight is 322 g/mol. The van der Waals surface area contributed by atoms with Crippen LogP contribution in [0.15, 0.2) is 12.4 Å². The molecule has 3 N–H and O–H groups in total. The van der Waals surface area contributed by atoms with E-state index >= 15 is 0 Å². The fourth-order valence-corrected chi connectivity index (χ4v) is 2.03. The molecular formula is C6H7IN6S. The number of halogens is 1. The quantitative estimate of drug-likeness (QED) is 0.493. The van der Waals surface area contributed by atoms with Crippen LogP contribution in [0.3, 0.4) is 0 Å². The van der Waals surface area contributed by atoms with Crippen molar-refractivity contribution in [2.45, 2.75) is 6.54 Å². The normalized spacial score (nSPS) is 10.4. The van der Waals surface area contributed by atoms with Gasteiger partial charge in [0.1, 0.15) is 5.01 Å². The molecule has 0 radical (unpaired) electrons. The second-order valence-electron chi connectivity index (χ2n) is 2.50. The van der Waals surface area contributed by atoms with Crippen LogP contribution in [0.25, 0.3) is 0 Å². The van der Waals surface area contributed by atoms with Crippen molar-refractivity contribution >= 4 is 39.1 Å². The van der Waals surface area contributed by atoms with Gasteiger partial charge in [-0.15, -0.1) is 10.2 Å². The van der Waals surface area contributed by atoms with E-state index in [0.29, 0.717) is 11.7 Å². The largest absolute Gasteiger partial charge is 0.298 e. The van der Waals surface area contributed by atoms with E-state index in [9.17, 15) is 0 Å². The maximum atomic E-state index is 5.19. The Bertz CT molecular complexity index is 423. The van der Waals surface area contributed by atoms with Crippen molar-refractivity contribution < 1.29 is 0 Å². The minimum atomic E-state index is 0.613. The molecule has 0 unspecified atom stereocenters. The maximum absolute atomic E-state index is 5.19. The lowest BCUT2D eigenvalue weighted by molar-refractivity contribution is 0.677. The highest BCUT2D eigenvalue weighted by molar-refractivity contribution is 14.1. The molecule has 0 atom stereocenters. The van der Waals surface area contributed by atoms with Crippen molar-refractivity contribution in [2.24, 2.45) is 5.84 Å². The molecule has 0 aliphatic carbocycles. The molecule has 0 bridgehead atoms. The Morgan fingerprint density at radius 3 is 3.00 bits per heavy atom. The van der Waals surface area contributed by atoms with E-state index in [1.165, 1.54) is 11.3 Å². The van der Waals surface area contributed by atoms with Crippen molar-refractivity contribution in [1.29, 1.82) is 0 Å². The Labute approximate surface area is 97.6 Å². The number of hydrazine groups is 1. The fourth-order valence-electron chi connectivity index (χ4n) is 0.939. The third-order valence-corrected chi connectivity index (χ3v) is 2.89. The van der Waals surface area contributed by atoms with E-state index in [1.807, 2.05) is 10.9 Å². The number of nitrogens with two attached hydrogens (primary N) is 1. The Hall–Kier alpha value is -0.740. The summed E-state index contributed by atoms with van der Waals surface area (Å²) in [7, 11) is 0. The van der Waals surface area contributed by atoms with E-state index in [4.69, 9.17) is 5.84 Å². The summed E-state index contributed by atoms with van der Waals surface area (Å²) >= 11 is 3.62. The Balaban J connectivity index is 2.10. The number of rotatable bonds is 3. The minimum Gasteiger partial charge on any atom is -0.298 e. The Morgan fingerprint density at radius 1 is 1.57 bits per heavy atom. The lowest BCUT2D eigenvalue weighted by Crippen LogP contribution is -2.05. The first-order valence-electron chi connectivity index (χ1n) is 3.75. The number of aromatic nitrogens is 4. The van der Waals surface area contributed by atoms with Gasteiger partial charge >= 0.3 is 0 Å². The molecule has 8 heteroatoms. The lowest BCUT2D eigenvalue weighted by atomic mass is 10.7. The topological polar surface area (TPSA) is 81.6 Å². The summed E-state index contributed by atoms with van der Waals surface area (Å²) in [5, 5.41) is 13.4. The third kappa shape index (κ3) is 2.19. The van der Waals surface area contributed by atoms with Crippen molar-refractivity contribution in [2.75, 3.05) is 5.43 Å². The number of nitrogens with one attached hydrogen (secondary N) is 1. The van der Waals surface area contributed by atoms with Crippen LogP contribution in [-0.4, -0.2) is 20.0 Å². The van der Waals surface area contributed by atoms with Gasteiger partial charge in [-0.1, -0.05) is 11.3 Å². The molecule has 2 aromatic rings. The third-order valence-electron chi connectivity index (χ3n) is 1.49. The van der Waals surface area contributed by atoms with Crippen LogP contribution in [0.4, 0.5) is 5.13 Å². The van der Waals surface area contributed by atoms with Crippen LogP contribution < -0.4 is 11.3 Å². The summed E-state index contributed by atoms with van der Waals surface area (Å²) in [6.07, 6.45) is 3.74. The molecule has 6 nitrogen and oxygen atoms in total. The van der Waals surface area contributed by atoms with Crippen LogP contribution in [-0.2, 0) is 6.54 Å². The first kappa shape index (κ1) is 9.80. The standard InChI is InChI=1S/C6H7IN6S/c7-4-1-9-13(2-4)3-5-11-12-6(10-8)14-5/h1-2H,3,8H2,(H,10,12). The maximum Gasteiger partial charge on any atom is 0.219 e. The zero-order chi connectivity index (χ0) is 9.97. The van der Waals surface area contributed by atoms with E-state index in [-0.39, 0.29) is 0 Å². The molecule has 0 amide bonds. The van der Waals surface area contributed by atoms with E-state index in [2.05, 4.69) is 43.3 Å². The highest BCUT2D eigenvalue weighted by atomic mass is 127. The number of hydrogen-bond acceptors (Lipinski definition) is 6. The van der Waals surface area contributed by atoms with Crippen molar-refractivity contribution in [3.63, 3.8) is 0 Å². The molecule has 0 saturated heterocycles. The van der Waals surface area contributed by atoms with E-state index in [0.717, 1.165) is 8.58 Å². The smallest absolute Gasteiger partial charge is 0.219 e. The molecular weight excluding hydrogens is 315 g/mol. The molecule has 0 aliphatic rings. The van der Waals surface area contributed by atoms with Crippen LogP contribution in [0.2, 0.25) is 0 Å². The summed E-state index contributed by atoms with van der Waals surface area (Å²) in [6.45, 7) is 0.627. The average Bonchev–Trinajstić information content (AvgIpc) is 2.76. The summed E-state index contributed by atoms with van der Waals surface area (Å²) < 4.78 is 2.91. The van der Waals surface area contributed by atoms with Crippen molar-refractivity contribution in [1.82, 2.24) is 20.0 Å². The van der Waals surface area contributed by atoms with Gasteiger partial charge in [0.05, 0.1) is 16.3 Å². The van der Waals surface area contributed by atoms with Gasteiger partial charge in [0.15, 0.2) is 0 Å². The number of nitrogens with zero attached hydrogens (tertiary/aromatic N) is 4. The van der Waals surface area contributed by atoms with Gasteiger partial charge in [-0.05, 0) is 22.6 Å². The Kier molecular flexibility index (Phi) is 2.93. The Morgan fingerprint density at radius 2 is 2.43 bits per heavy atom. The lowest BCUT2D eigenvalue weighted by Gasteiger charge is -1.94. The number of anilines is 1. The SMILES string of the molecule is NNc1nnc(Cn2cc(I)cn2)s1. The first-order chi connectivity index (χ1) is 6.78. The molecule has 0 aliphatic heterocycles. The minimum absolute atomic E-state index is 0.613. The highest BCUT2D eigenvalue weighted by Gasteiger charge is 2.04. The van der Waals surface area contributed by atoms with Gasteiger partial charge in [-0.25, -0.2) is 5.84 Å². The van der Waals surface area contributed by atoms with Crippen LogP contribution in [0.5, 0.6) is 0 Å². The highest BCUT2D eigenvalue weighted by Crippen LogP contribution is 2.14. The van der Waals surface area contributed by atoms with Gasteiger partial charge in [0, 0.05) is 6.20 Å². The van der Waals surface area contributed by atoms with Crippen LogP contribution in [0.1, 0.15) is 5.01 Å². The second kappa shape index (κ2) is 4.19. The molecule has 74 valence electrons. The van der Waals surface area contributed by atoms with Crippen molar-refractivity contribution in [3.05, 3.63) is 21.0 Å². The second-order valence-corrected chi connectivity index (χ2v) is 4.81. The summed E-state index contributed by atoms with van der Waals surface area (Å²) in [4.78, 5) is 0. The number of nitrogen functional groups attached to an aromatic ring is 1. The molecule has 0 aromatic carbocycles. The summed E-state index contributed by atoms with van der Waals surface area (Å²) in [5.74, 6) is 5.19. The first-order valence-corrected chi connectivity index (χ1v) is 5.64. The van der Waals surface area contributed by atoms with Crippen LogP contribution in [0, 0.1) is 3.57 Å². The van der Waals surface area contributed by atoms with Gasteiger partial charge in [0.25, 0.3) is 0 Å². The number of hydrogen-bond donors (Lipinski definition) is 2. The van der Waals surface area contributed by atoms with Crippen molar-refractivity contribution in [3.8, 4) is 0 Å². The van der Waals surface area contributed by atoms with Gasteiger partial charge < -0.3 is 0 Å². The predicted octanol–water partition coefficient (Wildman–Crippen LogP) is 0.673. The fraction of sp³-hybridized carbons (Fsp3) is 0.167. The summed E-state index contributed by atoms with van der Waals surface area (Å²) in [6, 6.07) is 0. The van der Waals surface area contributed by atoms with Crippen LogP contribution >= 0.6 is 33.9 Å². The van der Waals surface area contributed by atoms with E-state index < -0.39 is 0 Å². The molecule has 2 rings (SSSR count). The molecule has 0 saturated carbocycles. The molecule has 0 spiro atoms. The monoisotopic (exact) mass is 322 g/mol. The van der Waals surface area contributed by atoms with Gasteiger partial charge in [0.2, 0.25) is 5.13 Å². The molecule has 2 heterocycles. The van der Waals surface area contributed by atoms with Gasteiger partial charge in [-0.3, -0.25) is 10.1 Å². The predicted molar refractivity (Wildman–Crippen MR) is 61.8 cm³/mol. The zero-order valence-electron chi connectivity index (χ0n) is 7.01.